The van der Waals surface area contributed by atoms with Crippen LogP contribution in [0.3, 0.4) is 0 Å². The second-order valence-electron chi connectivity index (χ2n) is 6.35. The molecule has 2 aliphatic heterocycles. The molecule has 0 N–H and O–H groups in total. The number of anilines is 1. The Morgan fingerprint density at radius 2 is 2.09 bits per heavy atom. The molecule has 0 aliphatic carbocycles. The Bertz CT molecular complexity index is 672. The van der Waals surface area contributed by atoms with Crippen molar-refractivity contribution < 1.29 is 4.74 Å². The van der Waals surface area contributed by atoms with Crippen LogP contribution in [0.2, 0.25) is 0 Å². The molecule has 1 atom stereocenters. The van der Waals surface area contributed by atoms with Gasteiger partial charge in [0.25, 0.3) is 0 Å². The molecule has 1 aromatic carbocycles. The van der Waals surface area contributed by atoms with Crippen molar-refractivity contribution in [1.82, 2.24) is 9.88 Å². The molecule has 1 unspecified atom stereocenters. The predicted molar refractivity (Wildman–Crippen MR) is 89.7 cm³/mol. The third-order valence-corrected chi connectivity index (χ3v) is 5.09. The van der Waals surface area contributed by atoms with Gasteiger partial charge in [-0.2, -0.15) is 0 Å². The first-order valence-corrected chi connectivity index (χ1v) is 8.27. The van der Waals surface area contributed by atoms with Gasteiger partial charge in [-0.1, -0.05) is 12.5 Å². The van der Waals surface area contributed by atoms with E-state index in [2.05, 4.69) is 28.0 Å². The maximum Gasteiger partial charge on any atom is 0.136 e. The van der Waals surface area contributed by atoms with E-state index >= 15 is 0 Å². The van der Waals surface area contributed by atoms with Crippen LogP contribution in [0.5, 0.6) is 5.75 Å². The molecule has 3 heterocycles. The topological polar surface area (TPSA) is 28.6 Å². The van der Waals surface area contributed by atoms with Crippen LogP contribution in [0.15, 0.2) is 30.5 Å². The molecule has 0 saturated carbocycles. The summed E-state index contributed by atoms with van der Waals surface area (Å²) in [6, 6.07) is 9.03. The molecular formula is C18H23N3O. The Morgan fingerprint density at radius 1 is 1.14 bits per heavy atom. The van der Waals surface area contributed by atoms with E-state index in [-0.39, 0.29) is 0 Å². The zero-order chi connectivity index (χ0) is 14.9. The quantitative estimate of drug-likeness (QED) is 0.852. The number of methoxy groups -OCH3 is 1. The van der Waals surface area contributed by atoms with Crippen molar-refractivity contribution in [2.45, 2.75) is 25.3 Å². The number of ether oxygens (including phenoxy) is 1. The van der Waals surface area contributed by atoms with E-state index in [1.807, 2.05) is 12.3 Å². The molecule has 22 heavy (non-hydrogen) atoms. The number of benzene rings is 1. The number of pyridine rings is 1. The molecule has 0 bridgehead atoms. The summed E-state index contributed by atoms with van der Waals surface area (Å²) in [5, 5.41) is 2.43. The van der Waals surface area contributed by atoms with Gasteiger partial charge in [0.1, 0.15) is 11.6 Å². The smallest absolute Gasteiger partial charge is 0.136 e. The van der Waals surface area contributed by atoms with Gasteiger partial charge < -0.3 is 9.64 Å². The minimum atomic E-state index is 0.699. The van der Waals surface area contributed by atoms with Crippen LogP contribution >= 0.6 is 0 Å². The van der Waals surface area contributed by atoms with E-state index < -0.39 is 0 Å². The number of hydrogen-bond donors (Lipinski definition) is 0. The Kier molecular flexibility index (Phi) is 3.62. The van der Waals surface area contributed by atoms with E-state index in [4.69, 9.17) is 9.72 Å². The average Bonchev–Trinajstić information content (AvgIpc) is 2.60. The summed E-state index contributed by atoms with van der Waals surface area (Å²) in [6.07, 6.45) is 5.98. The number of aromatic nitrogens is 1. The van der Waals surface area contributed by atoms with Gasteiger partial charge in [-0.3, -0.25) is 4.90 Å². The minimum Gasteiger partial charge on any atom is -0.497 e. The van der Waals surface area contributed by atoms with Crippen molar-refractivity contribution in [2.75, 3.05) is 38.2 Å². The summed E-state index contributed by atoms with van der Waals surface area (Å²) in [6.45, 7) is 4.60. The van der Waals surface area contributed by atoms with Crippen molar-refractivity contribution in [2.24, 2.45) is 0 Å². The van der Waals surface area contributed by atoms with Gasteiger partial charge in [-0.05, 0) is 43.0 Å². The van der Waals surface area contributed by atoms with E-state index in [1.165, 1.54) is 36.6 Å². The normalized spacial score (nSPS) is 22.6. The summed E-state index contributed by atoms with van der Waals surface area (Å²) >= 11 is 0. The first-order valence-electron chi connectivity index (χ1n) is 8.27. The summed E-state index contributed by atoms with van der Waals surface area (Å²) in [7, 11) is 1.72. The third kappa shape index (κ3) is 2.41. The van der Waals surface area contributed by atoms with Crippen LogP contribution in [-0.2, 0) is 0 Å². The highest BCUT2D eigenvalue weighted by Gasteiger charge is 2.29. The van der Waals surface area contributed by atoms with Crippen LogP contribution in [-0.4, -0.2) is 49.2 Å². The lowest BCUT2D eigenvalue weighted by atomic mass is 9.99. The van der Waals surface area contributed by atoms with Gasteiger partial charge in [-0.25, -0.2) is 4.98 Å². The number of nitrogens with zero attached hydrogens (tertiary/aromatic N) is 3. The highest BCUT2D eigenvalue weighted by Crippen LogP contribution is 2.31. The zero-order valence-corrected chi connectivity index (χ0v) is 13.2. The number of piperidine rings is 1. The summed E-state index contributed by atoms with van der Waals surface area (Å²) in [5.41, 5.74) is 0. The van der Waals surface area contributed by atoms with Gasteiger partial charge in [-0.15, -0.1) is 0 Å². The van der Waals surface area contributed by atoms with Crippen molar-refractivity contribution >= 4 is 16.6 Å². The fraction of sp³-hybridized carbons (Fsp3) is 0.500. The lowest BCUT2D eigenvalue weighted by Gasteiger charge is -2.44. The zero-order valence-electron chi connectivity index (χ0n) is 13.2. The van der Waals surface area contributed by atoms with Crippen molar-refractivity contribution in [1.29, 1.82) is 0 Å². The predicted octanol–water partition coefficient (Wildman–Crippen LogP) is 2.92. The van der Waals surface area contributed by atoms with Crippen molar-refractivity contribution in [3.63, 3.8) is 0 Å². The van der Waals surface area contributed by atoms with Gasteiger partial charge in [0.05, 0.1) is 7.11 Å². The van der Waals surface area contributed by atoms with Gasteiger partial charge in [0, 0.05) is 37.3 Å². The Labute approximate surface area is 131 Å². The SMILES string of the molecule is COc1ccc2ccnc(N3CCN4CCCCC4C3)c2c1. The molecule has 2 fully saturated rings. The minimum absolute atomic E-state index is 0.699. The van der Waals surface area contributed by atoms with Crippen LogP contribution in [0, 0.1) is 0 Å². The first kappa shape index (κ1) is 13.8. The summed E-state index contributed by atoms with van der Waals surface area (Å²) < 4.78 is 5.40. The largest absolute Gasteiger partial charge is 0.497 e. The molecular weight excluding hydrogens is 274 g/mol. The maximum atomic E-state index is 5.40. The van der Waals surface area contributed by atoms with Crippen LogP contribution in [0.25, 0.3) is 10.8 Å². The average molecular weight is 297 g/mol. The second kappa shape index (κ2) is 5.76. The fourth-order valence-corrected chi connectivity index (χ4v) is 3.86. The Morgan fingerprint density at radius 3 is 3.00 bits per heavy atom. The lowest BCUT2D eigenvalue weighted by molar-refractivity contribution is 0.133. The molecule has 0 amide bonds. The molecule has 116 valence electrons. The number of hydrogen-bond acceptors (Lipinski definition) is 4. The van der Waals surface area contributed by atoms with E-state index in [0.29, 0.717) is 6.04 Å². The molecule has 0 radical (unpaired) electrons. The lowest BCUT2D eigenvalue weighted by Crippen LogP contribution is -2.55. The fourth-order valence-electron chi connectivity index (χ4n) is 3.86. The number of piperazine rings is 1. The van der Waals surface area contributed by atoms with E-state index in [1.54, 1.807) is 7.11 Å². The van der Waals surface area contributed by atoms with Crippen molar-refractivity contribution in [3.8, 4) is 5.75 Å². The second-order valence-corrected chi connectivity index (χ2v) is 6.35. The van der Waals surface area contributed by atoms with Gasteiger partial charge in [0.2, 0.25) is 0 Å². The summed E-state index contributed by atoms with van der Waals surface area (Å²) in [5.74, 6) is 2.01. The highest BCUT2D eigenvalue weighted by atomic mass is 16.5. The number of fused-ring (bicyclic) bond motifs is 2. The molecule has 4 nitrogen and oxygen atoms in total. The Hall–Kier alpha value is -1.81. The molecule has 2 aliphatic rings. The van der Waals surface area contributed by atoms with E-state index in [0.717, 1.165) is 31.2 Å². The summed E-state index contributed by atoms with van der Waals surface area (Å²) in [4.78, 5) is 9.82. The van der Waals surface area contributed by atoms with E-state index in [9.17, 15) is 0 Å². The molecule has 4 heteroatoms. The first-order chi connectivity index (χ1) is 10.8. The van der Waals surface area contributed by atoms with Crippen LogP contribution in [0.1, 0.15) is 19.3 Å². The monoisotopic (exact) mass is 297 g/mol. The maximum absolute atomic E-state index is 5.40. The molecule has 4 rings (SSSR count). The van der Waals surface area contributed by atoms with Crippen molar-refractivity contribution in [3.05, 3.63) is 30.5 Å². The van der Waals surface area contributed by atoms with Crippen LogP contribution in [0.4, 0.5) is 5.82 Å². The van der Waals surface area contributed by atoms with Gasteiger partial charge >= 0.3 is 0 Å². The molecule has 2 saturated heterocycles. The molecule has 0 spiro atoms. The standard InChI is InChI=1S/C18H23N3O/c1-22-16-6-5-14-7-8-19-18(17(14)12-16)21-11-10-20-9-3-2-4-15(20)13-21/h5-8,12,15H,2-4,9-11,13H2,1H3. The molecule has 2 aromatic rings. The Balaban J connectivity index is 1.68. The van der Waals surface area contributed by atoms with Crippen LogP contribution < -0.4 is 9.64 Å². The van der Waals surface area contributed by atoms with Gasteiger partial charge in [0.15, 0.2) is 0 Å². The highest BCUT2D eigenvalue weighted by molar-refractivity contribution is 5.93. The number of rotatable bonds is 2. The molecule has 1 aromatic heterocycles. The third-order valence-electron chi connectivity index (χ3n) is 5.09.